The van der Waals surface area contributed by atoms with E-state index in [0.29, 0.717) is 0 Å². The number of hydrogen-bond acceptors (Lipinski definition) is 2. The smallest absolute Gasteiger partial charge is 0.0529 e. The van der Waals surface area contributed by atoms with Crippen molar-refractivity contribution in [2.45, 2.75) is 40.2 Å². The lowest BCUT2D eigenvalue weighted by atomic mass is 10.0. The third kappa shape index (κ3) is 2.97. The summed E-state index contributed by atoms with van der Waals surface area (Å²) in [4.78, 5) is 6.98. The molecule has 1 aliphatic rings. The van der Waals surface area contributed by atoms with Crippen LogP contribution in [-0.2, 0) is 19.4 Å². The number of hydrogen-bond donors (Lipinski definition) is 0. The molecule has 0 unspecified atom stereocenters. The van der Waals surface area contributed by atoms with Crippen molar-refractivity contribution in [1.82, 2.24) is 14.5 Å². The molecule has 0 radical (unpaired) electrons. The molecule has 134 valence electrons. The maximum atomic E-state index is 4.56. The number of aromatic nitrogens is 2. The van der Waals surface area contributed by atoms with Crippen molar-refractivity contribution in [3.63, 3.8) is 0 Å². The summed E-state index contributed by atoms with van der Waals surface area (Å²) in [6.45, 7) is 8.65. The average Bonchev–Trinajstić information content (AvgIpc) is 2.94. The number of allylic oxidation sites excluding steroid dienone is 1. The van der Waals surface area contributed by atoms with E-state index >= 15 is 0 Å². The van der Waals surface area contributed by atoms with E-state index in [1.807, 2.05) is 6.20 Å². The molecule has 0 atom stereocenters. The standard InChI is InChI=1S/C23H27N3/c1-5-19-8-7-18(13-24-19)17(3)14-26-22-9-6-16(2)12-20(22)21-15-25(4)11-10-23(21)26/h6-9,12-14H,5,10-11,15H2,1-4H3. The van der Waals surface area contributed by atoms with E-state index < -0.39 is 0 Å². The van der Waals surface area contributed by atoms with Crippen LogP contribution in [0.5, 0.6) is 0 Å². The number of nitrogens with zero attached hydrogens (tertiary/aromatic N) is 3. The van der Waals surface area contributed by atoms with E-state index in [9.17, 15) is 0 Å². The SMILES string of the molecule is CCc1ccc(C(C)=Cn2c3c(c4cc(C)ccc42)CN(C)CC3)cn1. The zero-order valence-electron chi connectivity index (χ0n) is 16.2. The van der Waals surface area contributed by atoms with Gasteiger partial charge in [-0.2, -0.15) is 0 Å². The molecule has 0 bridgehead atoms. The van der Waals surface area contributed by atoms with Gasteiger partial charge < -0.3 is 9.47 Å². The zero-order chi connectivity index (χ0) is 18.3. The predicted octanol–water partition coefficient (Wildman–Crippen LogP) is 4.91. The van der Waals surface area contributed by atoms with Gasteiger partial charge in [-0.25, -0.2) is 0 Å². The van der Waals surface area contributed by atoms with Crippen LogP contribution in [0, 0.1) is 6.92 Å². The van der Waals surface area contributed by atoms with E-state index in [0.717, 1.165) is 31.6 Å². The van der Waals surface area contributed by atoms with E-state index in [-0.39, 0.29) is 0 Å². The lowest BCUT2D eigenvalue weighted by molar-refractivity contribution is 0.312. The molecular formula is C23H27N3. The molecule has 0 saturated heterocycles. The molecule has 1 aromatic carbocycles. The van der Waals surface area contributed by atoms with Crippen LogP contribution in [0.2, 0.25) is 0 Å². The summed E-state index contributed by atoms with van der Waals surface area (Å²) < 4.78 is 2.42. The zero-order valence-corrected chi connectivity index (χ0v) is 16.2. The number of pyridine rings is 1. The van der Waals surface area contributed by atoms with Crippen molar-refractivity contribution in [1.29, 1.82) is 0 Å². The molecule has 0 saturated carbocycles. The number of benzene rings is 1. The van der Waals surface area contributed by atoms with Crippen molar-refractivity contribution in [3.8, 4) is 0 Å². The molecule has 0 spiro atoms. The minimum absolute atomic E-state index is 0.978. The number of fused-ring (bicyclic) bond motifs is 3. The minimum Gasteiger partial charge on any atom is -0.320 e. The van der Waals surface area contributed by atoms with Crippen LogP contribution in [0.15, 0.2) is 36.5 Å². The van der Waals surface area contributed by atoms with Gasteiger partial charge in [0.25, 0.3) is 0 Å². The highest BCUT2D eigenvalue weighted by atomic mass is 15.1. The second-order valence-electron chi connectivity index (χ2n) is 7.51. The Bertz CT molecular complexity index is 977. The summed E-state index contributed by atoms with van der Waals surface area (Å²) in [6, 6.07) is 11.1. The first kappa shape index (κ1) is 17.0. The van der Waals surface area contributed by atoms with Crippen molar-refractivity contribution >= 4 is 22.7 Å². The van der Waals surface area contributed by atoms with Crippen molar-refractivity contribution in [3.05, 3.63) is 64.6 Å². The molecule has 26 heavy (non-hydrogen) atoms. The maximum absolute atomic E-state index is 4.56. The molecule has 3 aromatic rings. The van der Waals surface area contributed by atoms with Crippen LogP contribution in [0.3, 0.4) is 0 Å². The minimum atomic E-state index is 0.978. The lowest BCUT2D eigenvalue weighted by Gasteiger charge is -2.23. The van der Waals surface area contributed by atoms with Gasteiger partial charge in [0, 0.05) is 48.7 Å². The molecule has 4 rings (SSSR count). The summed E-state index contributed by atoms with van der Waals surface area (Å²) >= 11 is 0. The summed E-state index contributed by atoms with van der Waals surface area (Å²) in [5, 5.41) is 1.40. The number of rotatable bonds is 3. The van der Waals surface area contributed by atoms with E-state index in [1.54, 1.807) is 0 Å². The van der Waals surface area contributed by atoms with Crippen LogP contribution in [0.1, 0.15) is 41.9 Å². The first-order chi connectivity index (χ1) is 12.6. The van der Waals surface area contributed by atoms with Crippen LogP contribution in [-0.4, -0.2) is 28.0 Å². The third-order valence-corrected chi connectivity index (χ3v) is 5.50. The van der Waals surface area contributed by atoms with Gasteiger partial charge in [-0.05, 0) is 62.2 Å². The fourth-order valence-corrected chi connectivity index (χ4v) is 3.92. The first-order valence-corrected chi connectivity index (χ1v) is 9.51. The largest absolute Gasteiger partial charge is 0.320 e. The molecular weight excluding hydrogens is 318 g/mol. The van der Waals surface area contributed by atoms with E-state index in [2.05, 4.69) is 78.8 Å². The highest BCUT2D eigenvalue weighted by molar-refractivity contribution is 5.90. The predicted molar refractivity (Wildman–Crippen MR) is 110 cm³/mol. The van der Waals surface area contributed by atoms with Gasteiger partial charge in [0.2, 0.25) is 0 Å². The Kier molecular flexibility index (Phi) is 4.41. The number of likely N-dealkylation sites (N-methyl/N-ethyl adjacent to an activating group) is 1. The highest BCUT2D eigenvalue weighted by Crippen LogP contribution is 2.32. The van der Waals surface area contributed by atoms with Gasteiger partial charge in [0.1, 0.15) is 0 Å². The highest BCUT2D eigenvalue weighted by Gasteiger charge is 2.21. The molecule has 0 N–H and O–H groups in total. The third-order valence-electron chi connectivity index (χ3n) is 5.50. The van der Waals surface area contributed by atoms with E-state index in [1.165, 1.54) is 38.9 Å². The Hall–Kier alpha value is -2.39. The van der Waals surface area contributed by atoms with Gasteiger partial charge in [-0.3, -0.25) is 4.98 Å². The summed E-state index contributed by atoms with van der Waals surface area (Å²) in [7, 11) is 2.21. The van der Waals surface area contributed by atoms with Gasteiger partial charge in [0.15, 0.2) is 0 Å². The van der Waals surface area contributed by atoms with Gasteiger partial charge in [-0.15, -0.1) is 0 Å². The fraction of sp³-hybridized carbons (Fsp3) is 0.348. The van der Waals surface area contributed by atoms with Crippen molar-refractivity contribution in [2.24, 2.45) is 0 Å². The van der Waals surface area contributed by atoms with Crippen LogP contribution in [0.25, 0.3) is 22.7 Å². The van der Waals surface area contributed by atoms with Crippen molar-refractivity contribution < 1.29 is 0 Å². The molecule has 3 nitrogen and oxygen atoms in total. The first-order valence-electron chi connectivity index (χ1n) is 9.51. The summed E-state index contributed by atoms with van der Waals surface area (Å²) in [6.07, 6.45) is 6.37. The van der Waals surface area contributed by atoms with Gasteiger partial charge >= 0.3 is 0 Å². The molecule has 2 aromatic heterocycles. The van der Waals surface area contributed by atoms with Crippen LogP contribution >= 0.6 is 0 Å². The molecule has 3 heterocycles. The molecule has 0 aliphatic carbocycles. The monoisotopic (exact) mass is 345 g/mol. The Morgan fingerprint density at radius 3 is 2.81 bits per heavy atom. The molecule has 0 fully saturated rings. The second kappa shape index (κ2) is 6.73. The topological polar surface area (TPSA) is 21.1 Å². The number of aryl methyl sites for hydroxylation is 2. The summed E-state index contributed by atoms with van der Waals surface area (Å²) in [5.74, 6) is 0. The molecule has 1 aliphatic heterocycles. The van der Waals surface area contributed by atoms with Gasteiger partial charge in [-0.1, -0.05) is 24.6 Å². The van der Waals surface area contributed by atoms with Crippen LogP contribution in [0.4, 0.5) is 0 Å². The second-order valence-corrected chi connectivity index (χ2v) is 7.51. The lowest BCUT2D eigenvalue weighted by Crippen LogP contribution is -2.26. The normalized spacial score (nSPS) is 15.5. The fourth-order valence-electron chi connectivity index (χ4n) is 3.92. The molecule has 0 amide bonds. The Morgan fingerprint density at radius 1 is 1.23 bits per heavy atom. The van der Waals surface area contributed by atoms with Gasteiger partial charge in [0.05, 0.1) is 5.52 Å². The Labute approximate surface area is 156 Å². The molecule has 3 heteroatoms. The van der Waals surface area contributed by atoms with Crippen LogP contribution < -0.4 is 0 Å². The Balaban J connectivity index is 1.85. The van der Waals surface area contributed by atoms with E-state index in [4.69, 9.17) is 0 Å². The quantitative estimate of drug-likeness (QED) is 0.672. The summed E-state index contributed by atoms with van der Waals surface area (Å²) in [5.41, 5.74) is 9.17. The maximum Gasteiger partial charge on any atom is 0.0529 e. The van der Waals surface area contributed by atoms with Crippen molar-refractivity contribution in [2.75, 3.05) is 13.6 Å². The average molecular weight is 345 g/mol. The Morgan fingerprint density at radius 2 is 2.08 bits per heavy atom.